The number of hydrogen-bond acceptors (Lipinski definition) is 3. The molecule has 0 bridgehead atoms. The van der Waals surface area contributed by atoms with Crippen molar-refractivity contribution in [3.8, 4) is 0 Å². The first kappa shape index (κ1) is 13.5. The van der Waals surface area contributed by atoms with Crippen LogP contribution in [0.1, 0.15) is 26.2 Å². The van der Waals surface area contributed by atoms with Crippen LogP contribution in [-0.4, -0.2) is 24.4 Å². The van der Waals surface area contributed by atoms with Crippen LogP contribution in [0, 0.1) is 0 Å². The topological polar surface area (TPSA) is 70.2 Å². The maximum Gasteiger partial charge on any atom is 0.241 e. The van der Waals surface area contributed by atoms with Gasteiger partial charge in [-0.3, -0.25) is 9.59 Å². The average molecular weight is 261 g/mol. The van der Waals surface area contributed by atoms with Crippen LogP contribution in [0.25, 0.3) is 0 Å². The van der Waals surface area contributed by atoms with Crippen LogP contribution in [0.5, 0.6) is 0 Å². The lowest BCUT2D eigenvalue weighted by Gasteiger charge is -2.11. The number of amides is 2. The van der Waals surface area contributed by atoms with Gasteiger partial charge in [-0.05, 0) is 43.7 Å². The van der Waals surface area contributed by atoms with E-state index in [4.69, 9.17) is 0 Å². The van der Waals surface area contributed by atoms with Gasteiger partial charge in [0.2, 0.25) is 11.8 Å². The fourth-order valence-electron chi connectivity index (χ4n) is 2.02. The maximum atomic E-state index is 11.9. The Hall–Kier alpha value is -1.88. The molecule has 2 amide bonds. The van der Waals surface area contributed by atoms with Crippen LogP contribution >= 0.6 is 0 Å². The Kier molecular flexibility index (Phi) is 4.52. The van der Waals surface area contributed by atoms with Crippen LogP contribution in [0.4, 0.5) is 11.4 Å². The van der Waals surface area contributed by atoms with Crippen molar-refractivity contribution in [2.24, 2.45) is 0 Å². The van der Waals surface area contributed by atoms with Gasteiger partial charge in [-0.1, -0.05) is 6.92 Å². The minimum atomic E-state index is -0.0838. The van der Waals surface area contributed by atoms with Gasteiger partial charge < -0.3 is 16.0 Å². The molecule has 102 valence electrons. The van der Waals surface area contributed by atoms with Crippen molar-refractivity contribution in [2.75, 3.05) is 17.2 Å². The second kappa shape index (κ2) is 6.33. The van der Waals surface area contributed by atoms with E-state index in [-0.39, 0.29) is 17.9 Å². The summed E-state index contributed by atoms with van der Waals surface area (Å²) in [5.41, 5.74) is 1.48. The highest BCUT2D eigenvalue weighted by atomic mass is 16.2. The van der Waals surface area contributed by atoms with Crippen LogP contribution in [0.3, 0.4) is 0 Å². The lowest BCUT2D eigenvalue weighted by Crippen LogP contribution is -2.35. The number of rotatable bonds is 4. The van der Waals surface area contributed by atoms with Crippen molar-refractivity contribution in [3.63, 3.8) is 0 Å². The summed E-state index contributed by atoms with van der Waals surface area (Å²) in [4.78, 5) is 23.1. The predicted octanol–water partition coefficient (Wildman–Crippen LogP) is 1.73. The summed E-state index contributed by atoms with van der Waals surface area (Å²) in [5.74, 6) is -0.0187. The molecule has 0 spiro atoms. The van der Waals surface area contributed by atoms with Crippen molar-refractivity contribution in [2.45, 2.75) is 32.2 Å². The molecule has 1 aromatic rings. The molecule has 5 nitrogen and oxygen atoms in total. The van der Waals surface area contributed by atoms with Crippen molar-refractivity contribution in [1.29, 1.82) is 0 Å². The SMILES string of the molecule is CCC(=O)Nc1ccc(NC(=O)[C@@H]2CCCN2)cc1. The number of carbonyl (C=O) groups excluding carboxylic acids is 2. The number of anilines is 2. The Morgan fingerprint density at radius 3 is 2.37 bits per heavy atom. The van der Waals surface area contributed by atoms with Crippen molar-refractivity contribution >= 4 is 23.2 Å². The molecule has 1 aliphatic rings. The molecular formula is C14H19N3O2. The monoisotopic (exact) mass is 261 g/mol. The lowest BCUT2D eigenvalue weighted by atomic mass is 10.2. The molecule has 0 unspecified atom stereocenters. The van der Waals surface area contributed by atoms with Crippen LogP contribution in [0.15, 0.2) is 24.3 Å². The summed E-state index contributed by atoms with van der Waals surface area (Å²) >= 11 is 0. The quantitative estimate of drug-likeness (QED) is 0.773. The van der Waals surface area contributed by atoms with Gasteiger partial charge in [-0.25, -0.2) is 0 Å². The Morgan fingerprint density at radius 1 is 1.21 bits per heavy atom. The second-order valence-electron chi connectivity index (χ2n) is 4.62. The zero-order valence-corrected chi connectivity index (χ0v) is 11.0. The third-order valence-corrected chi connectivity index (χ3v) is 3.13. The molecule has 19 heavy (non-hydrogen) atoms. The molecule has 1 aromatic carbocycles. The average Bonchev–Trinajstić information content (AvgIpc) is 2.95. The summed E-state index contributed by atoms with van der Waals surface area (Å²) in [6, 6.07) is 7.06. The molecule has 5 heteroatoms. The molecule has 0 aliphatic carbocycles. The Labute approximate surface area is 112 Å². The van der Waals surface area contributed by atoms with Gasteiger partial charge in [-0.15, -0.1) is 0 Å². The minimum Gasteiger partial charge on any atom is -0.326 e. The molecule has 1 atom stereocenters. The van der Waals surface area contributed by atoms with Crippen molar-refractivity contribution < 1.29 is 9.59 Å². The minimum absolute atomic E-state index is 0.00263. The van der Waals surface area contributed by atoms with E-state index in [1.165, 1.54) is 0 Å². The van der Waals surface area contributed by atoms with Crippen molar-refractivity contribution in [3.05, 3.63) is 24.3 Å². The van der Waals surface area contributed by atoms with E-state index in [1.54, 1.807) is 31.2 Å². The van der Waals surface area contributed by atoms with Crippen LogP contribution < -0.4 is 16.0 Å². The Morgan fingerprint density at radius 2 is 1.84 bits per heavy atom. The van der Waals surface area contributed by atoms with E-state index in [0.29, 0.717) is 6.42 Å². The fraction of sp³-hybridized carbons (Fsp3) is 0.429. The van der Waals surface area contributed by atoms with Gasteiger partial charge in [0.05, 0.1) is 6.04 Å². The Balaban J connectivity index is 1.91. The van der Waals surface area contributed by atoms with E-state index in [0.717, 1.165) is 30.8 Å². The molecule has 2 rings (SSSR count). The van der Waals surface area contributed by atoms with Gasteiger partial charge >= 0.3 is 0 Å². The summed E-state index contributed by atoms with van der Waals surface area (Å²) in [6.45, 7) is 2.71. The molecule has 1 heterocycles. The van der Waals surface area contributed by atoms with E-state index in [1.807, 2.05) is 0 Å². The van der Waals surface area contributed by atoms with Gasteiger partial charge in [0.15, 0.2) is 0 Å². The van der Waals surface area contributed by atoms with E-state index in [2.05, 4.69) is 16.0 Å². The van der Waals surface area contributed by atoms with Gasteiger partial charge in [0.25, 0.3) is 0 Å². The smallest absolute Gasteiger partial charge is 0.241 e. The molecular weight excluding hydrogens is 242 g/mol. The maximum absolute atomic E-state index is 11.9. The highest BCUT2D eigenvalue weighted by Crippen LogP contribution is 2.15. The van der Waals surface area contributed by atoms with Gasteiger partial charge in [0.1, 0.15) is 0 Å². The highest BCUT2D eigenvalue weighted by molar-refractivity contribution is 5.95. The zero-order chi connectivity index (χ0) is 13.7. The number of nitrogens with one attached hydrogen (secondary N) is 3. The van der Waals surface area contributed by atoms with Gasteiger partial charge in [0, 0.05) is 17.8 Å². The molecule has 0 aromatic heterocycles. The van der Waals surface area contributed by atoms with E-state index in [9.17, 15) is 9.59 Å². The standard InChI is InChI=1S/C14H19N3O2/c1-2-13(18)16-10-5-7-11(8-6-10)17-14(19)12-4-3-9-15-12/h5-8,12,15H,2-4,9H2,1H3,(H,16,18)(H,17,19)/t12-/m0/s1. The third-order valence-electron chi connectivity index (χ3n) is 3.13. The molecule has 1 saturated heterocycles. The van der Waals surface area contributed by atoms with Crippen LogP contribution in [0.2, 0.25) is 0 Å². The first-order valence-corrected chi connectivity index (χ1v) is 6.63. The highest BCUT2D eigenvalue weighted by Gasteiger charge is 2.21. The first-order valence-electron chi connectivity index (χ1n) is 6.63. The van der Waals surface area contributed by atoms with E-state index >= 15 is 0 Å². The number of carbonyl (C=O) groups is 2. The first-order chi connectivity index (χ1) is 9.19. The summed E-state index contributed by atoms with van der Waals surface area (Å²) in [6.07, 6.45) is 2.38. The van der Waals surface area contributed by atoms with Gasteiger partial charge in [-0.2, -0.15) is 0 Å². The third kappa shape index (κ3) is 3.79. The number of hydrogen-bond donors (Lipinski definition) is 3. The predicted molar refractivity (Wildman–Crippen MR) is 75.0 cm³/mol. The molecule has 0 radical (unpaired) electrons. The zero-order valence-electron chi connectivity index (χ0n) is 11.0. The summed E-state index contributed by atoms with van der Waals surface area (Å²) < 4.78 is 0. The van der Waals surface area contributed by atoms with E-state index < -0.39 is 0 Å². The Bertz CT molecular complexity index is 450. The normalized spacial score (nSPS) is 18.1. The molecule has 1 aliphatic heterocycles. The van der Waals surface area contributed by atoms with Crippen LogP contribution in [-0.2, 0) is 9.59 Å². The summed E-state index contributed by atoms with van der Waals surface area (Å²) in [7, 11) is 0. The largest absolute Gasteiger partial charge is 0.326 e. The fourth-order valence-corrected chi connectivity index (χ4v) is 2.02. The molecule has 0 saturated carbocycles. The summed E-state index contributed by atoms with van der Waals surface area (Å²) in [5, 5.41) is 8.78. The molecule has 3 N–H and O–H groups in total. The number of benzene rings is 1. The van der Waals surface area contributed by atoms with Crippen molar-refractivity contribution in [1.82, 2.24) is 5.32 Å². The second-order valence-corrected chi connectivity index (χ2v) is 4.62. The molecule has 1 fully saturated rings. The lowest BCUT2D eigenvalue weighted by molar-refractivity contribution is -0.118.